The molecule has 5 heteroatoms. The molecular formula is C19H30N2O3. The van der Waals surface area contributed by atoms with Crippen molar-refractivity contribution in [2.75, 3.05) is 45.9 Å². The van der Waals surface area contributed by atoms with Crippen LogP contribution in [0.15, 0.2) is 24.3 Å². The van der Waals surface area contributed by atoms with Crippen molar-refractivity contribution in [3.8, 4) is 5.75 Å². The molecule has 1 aliphatic heterocycles. The standard InChI is InChI=1S/C19H30N2O3/c1-3-21(12-14-24-18-9-5-4-7-16(18)2)19(23)17-8-6-10-20(15-17)11-13-22/h4-5,7,9,17,22H,3,6,8,10-15H2,1-2H3/t17-/m1/s1. The van der Waals surface area contributed by atoms with Crippen LogP contribution in [0.4, 0.5) is 0 Å². The van der Waals surface area contributed by atoms with Crippen LogP contribution in [0.2, 0.25) is 0 Å². The molecule has 2 rings (SSSR count). The lowest BCUT2D eigenvalue weighted by Gasteiger charge is -2.34. The zero-order valence-electron chi connectivity index (χ0n) is 14.9. The van der Waals surface area contributed by atoms with Gasteiger partial charge in [0.05, 0.1) is 19.1 Å². The highest BCUT2D eigenvalue weighted by Crippen LogP contribution is 2.19. The maximum atomic E-state index is 12.8. The topological polar surface area (TPSA) is 53.0 Å². The molecule has 1 atom stereocenters. The largest absolute Gasteiger partial charge is 0.491 e. The van der Waals surface area contributed by atoms with Gasteiger partial charge in [-0.25, -0.2) is 0 Å². The van der Waals surface area contributed by atoms with Gasteiger partial charge in [-0.3, -0.25) is 4.79 Å². The summed E-state index contributed by atoms with van der Waals surface area (Å²) in [5.41, 5.74) is 1.11. The quantitative estimate of drug-likeness (QED) is 0.789. The van der Waals surface area contributed by atoms with Crippen molar-refractivity contribution in [3.63, 3.8) is 0 Å². The van der Waals surface area contributed by atoms with Gasteiger partial charge in [0.15, 0.2) is 0 Å². The third-order valence-electron chi connectivity index (χ3n) is 4.68. The van der Waals surface area contributed by atoms with Gasteiger partial charge < -0.3 is 19.6 Å². The predicted molar refractivity (Wildman–Crippen MR) is 95.2 cm³/mol. The number of amides is 1. The average molecular weight is 334 g/mol. The fourth-order valence-corrected chi connectivity index (χ4v) is 3.27. The third-order valence-corrected chi connectivity index (χ3v) is 4.68. The van der Waals surface area contributed by atoms with Crippen LogP contribution in [0.1, 0.15) is 25.3 Å². The van der Waals surface area contributed by atoms with Crippen molar-refractivity contribution in [3.05, 3.63) is 29.8 Å². The van der Waals surface area contributed by atoms with Crippen molar-refractivity contribution in [2.45, 2.75) is 26.7 Å². The maximum absolute atomic E-state index is 12.8. The minimum Gasteiger partial charge on any atom is -0.491 e. The van der Waals surface area contributed by atoms with E-state index in [1.807, 2.05) is 43.0 Å². The summed E-state index contributed by atoms with van der Waals surface area (Å²) in [4.78, 5) is 16.8. The van der Waals surface area contributed by atoms with E-state index in [2.05, 4.69) is 4.90 Å². The fourth-order valence-electron chi connectivity index (χ4n) is 3.27. The van der Waals surface area contributed by atoms with Crippen LogP contribution in [0.3, 0.4) is 0 Å². The zero-order valence-corrected chi connectivity index (χ0v) is 14.9. The molecule has 1 aromatic rings. The Morgan fingerprint density at radius 3 is 2.92 bits per heavy atom. The minimum atomic E-state index is 0.0451. The van der Waals surface area contributed by atoms with Gasteiger partial charge in [-0.2, -0.15) is 0 Å². The highest BCUT2D eigenvalue weighted by Gasteiger charge is 2.28. The Bertz CT molecular complexity index is 519. The molecule has 1 heterocycles. The lowest BCUT2D eigenvalue weighted by atomic mass is 9.96. The summed E-state index contributed by atoms with van der Waals surface area (Å²) in [7, 11) is 0. The number of likely N-dealkylation sites (N-methyl/N-ethyl adjacent to an activating group) is 1. The van der Waals surface area contributed by atoms with Gasteiger partial charge in [0.1, 0.15) is 12.4 Å². The van der Waals surface area contributed by atoms with E-state index in [-0.39, 0.29) is 18.4 Å². The molecule has 24 heavy (non-hydrogen) atoms. The third kappa shape index (κ3) is 5.21. The number of aliphatic hydroxyl groups excluding tert-OH is 1. The molecule has 0 bridgehead atoms. The Balaban J connectivity index is 1.83. The van der Waals surface area contributed by atoms with Gasteiger partial charge in [-0.15, -0.1) is 0 Å². The number of hydrogen-bond acceptors (Lipinski definition) is 4. The van der Waals surface area contributed by atoms with Crippen molar-refractivity contribution in [1.29, 1.82) is 0 Å². The number of benzene rings is 1. The van der Waals surface area contributed by atoms with Crippen LogP contribution >= 0.6 is 0 Å². The fraction of sp³-hybridized carbons (Fsp3) is 0.632. The monoisotopic (exact) mass is 334 g/mol. The van der Waals surface area contributed by atoms with Gasteiger partial charge in [0.25, 0.3) is 0 Å². The van der Waals surface area contributed by atoms with Crippen LogP contribution in [-0.2, 0) is 4.79 Å². The van der Waals surface area contributed by atoms with Crippen molar-refractivity contribution < 1.29 is 14.6 Å². The highest BCUT2D eigenvalue weighted by atomic mass is 16.5. The summed E-state index contributed by atoms with van der Waals surface area (Å²) in [5, 5.41) is 9.09. The van der Waals surface area contributed by atoms with Gasteiger partial charge in [-0.1, -0.05) is 18.2 Å². The number of β-amino-alcohol motifs (C(OH)–C–C–N with tert-alkyl or cyclic N) is 1. The lowest BCUT2D eigenvalue weighted by molar-refractivity contribution is -0.137. The SMILES string of the molecule is CCN(CCOc1ccccc1C)C(=O)[C@@H]1CCCN(CCO)C1. The summed E-state index contributed by atoms with van der Waals surface area (Å²) < 4.78 is 5.83. The molecule has 1 fully saturated rings. The molecule has 134 valence electrons. The van der Waals surface area contributed by atoms with Gasteiger partial charge in [0.2, 0.25) is 5.91 Å². The number of aliphatic hydroxyl groups is 1. The van der Waals surface area contributed by atoms with Crippen LogP contribution in [0.25, 0.3) is 0 Å². The Morgan fingerprint density at radius 2 is 2.21 bits per heavy atom. The number of carbonyl (C=O) groups is 1. The van der Waals surface area contributed by atoms with E-state index < -0.39 is 0 Å². The minimum absolute atomic E-state index is 0.0451. The Morgan fingerprint density at radius 1 is 1.42 bits per heavy atom. The van der Waals surface area contributed by atoms with Gasteiger partial charge in [-0.05, 0) is 44.9 Å². The molecular weight excluding hydrogens is 304 g/mol. The average Bonchev–Trinajstić information content (AvgIpc) is 2.60. The van der Waals surface area contributed by atoms with E-state index in [4.69, 9.17) is 9.84 Å². The molecule has 1 aromatic carbocycles. The van der Waals surface area contributed by atoms with Crippen molar-refractivity contribution in [2.24, 2.45) is 5.92 Å². The molecule has 0 aromatic heterocycles. The molecule has 0 spiro atoms. The smallest absolute Gasteiger partial charge is 0.227 e. The first-order valence-electron chi connectivity index (χ1n) is 8.96. The Kier molecular flexibility index (Phi) is 7.53. The van der Waals surface area contributed by atoms with Crippen LogP contribution < -0.4 is 4.74 Å². The van der Waals surface area contributed by atoms with Crippen LogP contribution in [-0.4, -0.2) is 66.8 Å². The molecule has 0 aliphatic carbocycles. The number of carbonyl (C=O) groups excluding carboxylic acids is 1. The van der Waals surface area contributed by atoms with Crippen LogP contribution in [0.5, 0.6) is 5.75 Å². The Hall–Kier alpha value is -1.59. The van der Waals surface area contributed by atoms with Gasteiger partial charge in [0, 0.05) is 19.6 Å². The predicted octanol–water partition coefficient (Wildman–Crippen LogP) is 1.93. The summed E-state index contributed by atoms with van der Waals surface area (Å²) >= 11 is 0. The zero-order chi connectivity index (χ0) is 17.4. The van der Waals surface area contributed by atoms with E-state index in [1.165, 1.54) is 0 Å². The summed E-state index contributed by atoms with van der Waals surface area (Å²) in [6.45, 7) is 8.41. The summed E-state index contributed by atoms with van der Waals surface area (Å²) in [6, 6.07) is 7.94. The van der Waals surface area contributed by atoms with E-state index in [9.17, 15) is 4.79 Å². The number of likely N-dealkylation sites (tertiary alicyclic amines) is 1. The Labute approximate surface area is 145 Å². The molecule has 0 saturated carbocycles. The van der Waals surface area contributed by atoms with Crippen molar-refractivity contribution in [1.82, 2.24) is 9.80 Å². The van der Waals surface area contributed by atoms with E-state index in [1.54, 1.807) is 0 Å². The second kappa shape index (κ2) is 9.64. The van der Waals surface area contributed by atoms with Crippen molar-refractivity contribution >= 4 is 5.91 Å². The molecule has 0 radical (unpaired) electrons. The molecule has 0 unspecified atom stereocenters. The normalized spacial score (nSPS) is 18.4. The number of piperidine rings is 1. The molecule has 1 saturated heterocycles. The van der Waals surface area contributed by atoms with Gasteiger partial charge >= 0.3 is 0 Å². The first-order chi connectivity index (χ1) is 11.7. The van der Waals surface area contributed by atoms with E-state index >= 15 is 0 Å². The molecule has 1 aliphatic rings. The summed E-state index contributed by atoms with van der Waals surface area (Å²) in [6.07, 6.45) is 1.96. The lowest BCUT2D eigenvalue weighted by Crippen LogP contribution is -2.46. The first kappa shape index (κ1) is 18.7. The van der Waals surface area contributed by atoms with E-state index in [0.717, 1.165) is 37.2 Å². The van der Waals surface area contributed by atoms with Crippen LogP contribution in [0, 0.1) is 12.8 Å². The highest BCUT2D eigenvalue weighted by molar-refractivity contribution is 5.79. The number of hydrogen-bond donors (Lipinski definition) is 1. The maximum Gasteiger partial charge on any atom is 0.227 e. The number of rotatable bonds is 8. The molecule has 5 nitrogen and oxygen atoms in total. The first-order valence-corrected chi connectivity index (χ1v) is 8.96. The molecule has 1 amide bonds. The second-order valence-corrected chi connectivity index (χ2v) is 6.40. The molecule has 1 N–H and O–H groups in total. The second-order valence-electron chi connectivity index (χ2n) is 6.40. The number of para-hydroxylation sites is 1. The number of aryl methyl sites for hydroxylation is 1. The van der Waals surface area contributed by atoms with E-state index in [0.29, 0.717) is 26.2 Å². The number of ether oxygens (including phenoxy) is 1. The summed E-state index contributed by atoms with van der Waals surface area (Å²) in [5.74, 6) is 1.14. The number of nitrogens with zero attached hydrogens (tertiary/aromatic N) is 2.